The lowest BCUT2D eigenvalue weighted by Crippen LogP contribution is -2.36. The van der Waals surface area contributed by atoms with Crippen molar-refractivity contribution in [1.82, 2.24) is 5.32 Å². The van der Waals surface area contributed by atoms with Gasteiger partial charge in [0.2, 0.25) is 5.91 Å². The van der Waals surface area contributed by atoms with Gasteiger partial charge in [0.15, 0.2) is 0 Å². The lowest BCUT2D eigenvalue weighted by atomic mass is 9.95. The summed E-state index contributed by atoms with van der Waals surface area (Å²) in [5.41, 5.74) is 1.87. The molecule has 1 aliphatic heterocycles. The number of halogens is 3. The number of nitrogens with one attached hydrogen (secondary N) is 1. The Morgan fingerprint density at radius 3 is 2.71 bits per heavy atom. The van der Waals surface area contributed by atoms with E-state index in [1.807, 2.05) is 0 Å². The standard InChI is InChI=1S/C18H16Cl2FNO2/c1-10(23)22-9-13-6-5-11-7-12(21)8-14(18(11)24-13)17-15(19)3-2-4-16(17)20/h2-4,7-8,13H,5-6,9H2,1H3,(H,22,23)/t13-/m1/s1. The minimum Gasteiger partial charge on any atom is -0.488 e. The van der Waals surface area contributed by atoms with E-state index >= 15 is 0 Å². The van der Waals surface area contributed by atoms with E-state index in [0.717, 1.165) is 5.56 Å². The van der Waals surface area contributed by atoms with Crippen LogP contribution in [-0.4, -0.2) is 18.6 Å². The molecule has 0 bridgehead atoms. The van der Waals surface area contributed by atoms with Crippen molar-refractivity contribution in [1.29, 1.82) is 0 Å². The molecule has 2 aromatic carbocycles. The van der Waals surface area contributed by atoms with Crippen LogP contribution >= 0.6 is 23.2 Å². The third kappa shape index (κ3) is 3.50. The minimum absolute atomic E-state index is 0.113. The van der Waals surface area contributed by atoms with Gasteiger partial charge in [-0.3, -0.25) is 4.79 Å². The number of carbonyl (C=O) groups is 1. The molecule has 1 N–H and O–H groups in total. The molecule has 0 spiro atoms. The Hall–Kier alpha value is -1.78. The SMILES string of the molecule is CC(=O)NC[C@H]1CCc2cc(F)cc(-c3c(Cl)cccc3Cl)c2O1. The second kappa shape index (κ2) is 6.99. The monoisotopic (exact) mass is 367 g/mol. The molecule has 1 heterocycles. The first-order valence-electron chi connectivity index (χ1n) is 7.63. The van der Waals surface area contributed by atoms with Gasteiger partial charge in [-0.1, -0.05) is 29.3 Å². The van der Waals surface area contributed by atoms with Crippen LogP contribution in [0.5, 0.6) is 5.75 Å². The van der Waals surface area contributed by atoms with E-state index in [2.05, 4.69) is 5.32 Å². The number of carbonyl (C=O) groups excluding carboxylic acids is 1. The second-order valence-electron chi connectivity index (χ2n) is 5.75. The van der Waals surface area contributed by atoms with Gasteiger partial charge in [-0.2, -0.15) is 0 Å². The molecule has 2 aromatic rings. The highest BCUT2D eigenvalue weighted by molar-refractivity contribution is 6.39. The maximum absolute atomic E-state index is 14.1. The zero-order valence-corrected chi connectivity index (χ0v) is 14.5. The molecule has 0 saturated heterocycles. The molecule has 0 aliphatic carbocycles. The topological polar surface area (TPSA) is 38.3 Å². The first-order chi connectivity index (χ1) is 11.5. The van der Waals surface area contributed by atoms with Crippen molar-refractivity contribution in [2.75, 3.05) is 6.54 Å². The Balaban J connectivity index is 2.03. The molecule has 0 saturated carbocycles. The van der Waals surface area contributed by atoms with Crippen molar-refractivity contribution in [3.8, 4) is 16.9 Å². The Bertz CT molecular complexity index is 775. The first kappa shape index (κ1) is 17.1. The van der Waals surface area contributed by atoms with E-state index in [1.165, 1.54) is 19.1 Å². The summed E-state index contributed by atoms with van der Waals surface area (Å²) in [4.78, 5) is 11.1. The number of fused-ring (bicyclic) bond motifs is 1. The van der Waals surface area contributed by atoms with Gasteiger partial charge in [0.25, 0.3) is 0 Å². The van der Waals surface area contributed by atoms with Crippen molar-refractivity contribution < 1.29 is 13.9 Å². The molecule has 0 aromatic heterocycles. The van der Waals surface area contributed by atoms with E-state index in [4.69, 9.17) is 27.9 Å². The lowest BCUT2D eigenvalue weighted by molar-refractivity contribution is -0.119. The highest BCUT2D eigenvalue weighted by Gasteiger charge is 2.25. The Labute approximate surface area is 149 Å². The van der Waals surface area contributed by atoms with Crippen molar-refractivity contribution in [3.63, 3.8) is 0 Å². The zero-order chi connectivity index (χ0) is 17.3. The Kier molecular flexibility index (Phi) is 4.97. The predicted octanol–water partition coefficient (Wildman–Crippen LogP) is 4.63. The highest BCUT2D eigenvalue weighted by Crippen LogP contribution is 2.44. The number of hydrogen-bond donors (Lipinski definition) is 1. The Morgan fingerprint density at radius 1 is 1.33 bits per heavy atom. The van der Waals surface area contributed by atoms with E-state index in [9.17, 15) is 9.18 Å². The number of hydrogen-bond acceptors (Lipinski definition) is 2. The minimum atomic E-state index is -0.358. The third-order valence-electron chi connectivity index (χ3n) is 3.96. The van der Waals surface area contributed by atoms with Gasteiger partial charge in [0, 0.05) is 18.1 Å². The molecular weight excluding hydrogens is 352 g/mol. The molecular formula is C18H16Cl2FNO2. The highest BCUT2D eigenvalue weighted by atomic mass is 35.5. The molecule has 1 amide bonds. The fourth-order valence-corrected chi connectivity index (χ4v) is 3.46. The van der Waals surface area contributed by atoms with Gasteiger partial charge in [0.1, 0.15) is 17.7 Å². The van der Waals surface area contributed by atoms with Crippen LogP contribution in [-0.2, 0) is 11.2 Å². The molecule has 0 fully saturated rings. The molecule has 3 rings (SSSR count). The average molecular weight is 368 g/mol. The summed E-state index contributed by atoms with van der Waals surface area (Å²) in [6.45, 7) is 1.86. The van der Waals surface area contributed by atoms with Gasteiger partial charge in [-0.05, 0) is 42.7 Å². The van der Waals surface area contributed by atoms with Gasteiger partial charge >= 0.3 is 0 Å². The summed E-state index contributed by atoms with van der Waals surface area (Å²) in [6, 6.07) is 8.00. The maximum atomic E-state index is 14.1. The van der Waals surface area contributed by atoms with E-state index in [0.29, 0.717) is 46.3 Å². The molecule has 0 unspecified atom stereocenters. The fourth-order valence-electron chi connectivity index (χ4n) is 2.86. The quantitative estimate of drug-likeness (QED) is 0.858. The molecule has 6 heteroatoms. The summed E-state index contributed by atoms with van der Waals surface area (Å²) >= 11 is 12.6. The third-order valence-corrected chi connectivity index (χ3v) is 4.59. The van der Waals surface area contributed by atoms with Gasteiger partial charge in [-0.15, -0.1) is 0 Å². The largest absolute Gasteiger partial charge is 0.488 e. The van der Waals surface area contributed by atoms with Crippen LogP contribution in [0, 0.1) is 5.82 Å². The predicted molar refractivity (Wildman–Crippen MR) is 93.3 cm³/mol. The molecule has 1 aliphatic rings. The van der Waals surface area contributed by atoms with Crippen LogP contribution in [0.4, 0.5) is 4.39 Å². The maximum Gasteiger partial charge on any atom is 0.217 e. The van der Waals surface area contributed by atoms with Crippen LogP contribution in [0.2, 0.25) is 10.0 Å². The van der Waals surface area contributed by atoms with Gasteiger partial charge in [0.05, 0.1) is 16.6 Å². The van der Waals surface area contributed by atoms with E-state index < -0.39 is 0 Å². The van der Waals surface area contributed by atoms with Crippen LogP contribution in [0.25, 0.3) is 11.1 Å². The number of ether oxygens (including phenoxy) is 1. The molecule has 3 nitrogen and oxygen atoms in total. The summed E-state index contributed by atoms with van der Waals surface area (Å²) in [5.74, 6) is 0.106. The van der Waals surface area contributed by atoms with Crippen LogP contribution in [0.1, 0.15) is 18.9 Å². The van der Waals surface area contributed by atoms with Crippen LogP contribution < -0.4 is 10.1 Å². The van der Waals surface area contributed by atoms with Crippen molar-refractivity contribution in [2.45, 2.75) is 25.9 Å². The average Bonchev–Trinajstić information content (AvgIpc) is 2.52. The van der Waals surface area contributed by atoms with Crippen molar-refractivity contribution >= 4 is 29.1 Å². The normalized spacial score (nSPS) is 16.2. The van der Waals surface area contributed by atoms with E-state index in [-0.39, 0.29) is 17.8 Å². The lowest BCUT2D eigenvalue weighted by Gasteiger charge is -2.28. The first-order valence-corrected chi connectivity index (χ1v) is 8.39. The summed E-state index contributed by atoms with van der Waals surface area (Å²) in [6.07, 6.45) is 1.19. The Morgan fingerprint density at radius 2 is 2.04 bits per heavy atom. The van der Waals surface area contributed by atoms with E-state index in [1.54, 1.807) is 18.2 Å². The number of rotatable bonds is 3. The summed E-state index contributed by atoms with van der Waals surface area (Å²) in [7, 11) is 0. The molecule has 126 valence electrons. The number of aryl methyl sites for hydroxylation is 1. The fraction of sp³-hybridized carbons (Fsp3) is 0.278. The second-order valence-corrected chi connectivity index (χ2v) is 6.57. The molecule has 0 radical (unpaired) electrons. The molecule has 1 atom stereocenters. The van der Waals surface area contributed by atoms with Crippen molar-refractivity contribution in [3.05, 3.63) is 51.8 Å². The van der Waals surface area contributed by atoms with Gasteiger partial charge in [-0.25, -0.2) is 4.39 Å². The molecule has 24 heavy (non-hydrogen) atoms. The van der Waals surface area contributed by atoms with Crippen LogP contribution in [0.3, 0.4) is 0 Å². The van der Waals surface area contributed by atoms with Crippen LogP contribution in [0.15, 0.2) is 30.3 Å². The van der Waals surface area contributed by atoms with Gasteiger partial charge < -0.3 is 10.1 Å². The van der Waals surface area contributed by atoms with Crippen molar-refractivity contribution in [2.24, 2.45) is 0 Å². The zero-order valence-electron chi connectivity index (χ0n) is 13.0. The number of benzene rings is 2. The number of amides is 1. The smallest absolute Gasteiger partial charge is 0.217 e. The summed E-state index contributed by atoms with van der Waals surface area (Å²) in [5, 5.41) is 3.62. The summed E-state index contributed by atoms with van der Waals surface area (Å²) < 4.78 is 20.1.